The lowest BCUT2D eigenvalue weighted by Crippen LogP contribution is -2.43. The van der Waals surface area contributed by atoms with E-state index in [1.54, 1.807) is 12.2 Å². The van der Waals surface area contributed by atoms with Crippen molar-refractivity contribution in [2.45, 2.75) is 212 Å². The molecule has 1 aliphatic heterocycles. The van der Waals surface area contributed by atoms with E-state index in [2.05, 4.69) is 25.3 Å². The average Bonchev–Trinajstić information content (AvgIpc) is 3.20. The number of aliphatic hydroxyl groups excluding tert-OH is 5. The first-order valence-corrected chi connectivity index (χ1v) is 24.5. The normalized spacial score (nSPS) is 21.0. The monoisotopic (exact) mass is 879 g/mol. The Hall–Kier alpha value is -1.71. The second-order valence-electron chi connectivity index (χ2n) is 16.8. The van der Waals surface area contributed by atoms with Gasteiger partial charge in [-0.25, -0.2) is 4.57 Å². The maximum atomic E-state index is 12.8. The van der Waals surface area contributed by atoms with Gasteiger partial charge in [-0.1, -0.05) is 148 Å². The number of hydrogen-bond acceptors (Lipinski definition) is 13. The van der Waals surface area contributed by atoms with E-state index in [1.807, 2.05) is 12.2 Å². The number of esters is 2. The molecule has 1 heterocycles. The van der Waals surface area contributed by atoms with Gasteiger partial charge in [0.1, 0.15) is 12.7 Å². The highest BCUT2D eigenvalue weighted by Gasteiger charge is 2.35. The van der Waals surface area contributed by atoms with Crippen LogP contribution < -0.4 is 0 Å². The Morgan fingerprint density at radius 1 is 0.767 bits per heavy atom. The number of phosphoric acid groups is 1. The van der Waals surface area contributed by atoms with Crippen LogP contribution in [-0.2, 0) is 37.4 Å². The molecule has 0 amide bonds. The minimum Gasteiger partial charge on any atom is -0.462 e. The molecule has 0 aromatic carbocycles. The summed E-state index contributed by atoms with van der Waals surface area (Å²) in [6.45, 7) is 4.29. The van der Waals surface area contributed by atoms with Crippen molar-refractivity contribution in [2.75, 3.05) is 26.4 Å². The zero-order chi connectivity index (χ0) is 44.4. The van der Waals surface area contributed by atoms with E-state index in [-0.39, 0.29) is 25.2 Å². The molecule has 15 heteroatoms. The molecule has 352 valence electrons. The van der Waals surface area contributed by atoms with Gasteiger partial charge in [-0.05, 0) is 38.0 Å². The van der Waals surface area contributed by atoms with Crippen LogP contribution in [0.25, 0.3) is 0 Å². The Morgan fingerprint density at radius 2 is 1.35 bits per heavy atom. The Labute approximate surface area is 361 Å². The van der Waals surface area contributed by atoms with E-state index in [1.165, 1.54) is 64.2 Å². The van der Waals surface area contributed by atoms with Gasteiger partial charge in [0.15, 0.2) is 12.4 Å². The maximum Gasteiger partial charge on any atom is 0.472 e. The SMILES string of the molecule is CCCCC[C@H](O)/C=C/[C@H]1OC(O)C[C@H](O)[C@@H]1C/C=C\CCCC(=O)O[C@H](COC(=O)CCCCCCCCCCCCCCCC(C)C)COP(=O)(O)OC[C@@H](O)CO. The fourth-order valence-electron chi connectivity index (χ4n) is 6.92. The molecule has 14 nitrogen and oxygen atoms in total. The van der Waals surface area contributed by atoms with Crippen molar-refractivity contribution in [3.63, 3.8) is 0 Å². The second-order valence-corrected chi connectivity index (χ2v) is 18.2. The van der Waals surface area contributed by atoms with Crippen molar-refractivity contribution in [1.82, 2.24) is 0 Å². The summed E-state index contributed by atoms with van der Waals surface area (Å²) in [4.78, 5) is 35.3. The third-order valence-electron chi connectivity index (χ3n) is 10.6. The summed E-state index contributed by atoms with van der Waals surface area (Å²) in [5.74, 6) is -0.652. The molecule has 0 bridgehead atoms. The van der Waals surface area contributed by atoms with Crippen molar-refractivity contribution >= 4 is 19.8 Å². The predicted octanol–water partition coefficient (Wildman–Crippen LogP) is 8.13. The minimum atomic E-state index is -4.70. The highest BCUT2D eigenvalue weighted by Crippen LogP contribution is 2.43. The summed E-state index contributed by atoms with van der Waals surface area (Å²) >= 11 is 0. The van der Waals surface area contributed by atoms with Gasteiger partial charge in [0.2, 0.25) is 0 Å². The largest absolute Gasteiger partial charge is 0.472 e. The van der Waals surface area contributed by atoms with Gasteiger partial charge in [-0.2, -0.15) is 0 Å². The first-order chi connectivity index (χ1) is 28.8. The van der Waals surface area contributed by atoms with E-state index < -0.39 is 83.0 Å². The first-order valence-electron chi connectivity index (χ1n) is 23.0. The number of hydrogen-bond donors (Lipinski definition) is 6. The van der Waals surface area contributed by atoms with Gasteiger partial charge in [-0.3, -0.25) is 18.6 Å². The van der Waals surface area contributed by atoms with E-state index in [0.29, 0.717) is 32.1 Å². The van der Waals surface area contributed by atoms with E-state index in [0.717, 1.165) is 44.4 Å². The summed E-state index contributed by atoms with van der Waals surface area (Å²) < 4.78 is 38.4. The molecule has 8 atom stereocenters. The molecule has 0 aromatic heterocycles. The number of carbonyl (C=O) groups excluding carboxylic acids is 2. The fourth-order valence-corrected chi connectivity index (χ4v) is 7.71. The number of aliphatic hydroxyl groups is 5. The van der Waals surface area contributed by atoms with E-state index in [9.17, 15) is 39.5 Å². The third-order valence-corrected chi connectivity index (χ3v) is 11.5. The number of unbranched alkanes of at least 4 members (excludes halogenated alkanes) is 15. The molecule has 1 fully saturated rings. The maximum absolute atomic E-state index is 12.8. The topological polar surface area (TPSA) is 219 Å². The van der Waals surface area contributed by atoms with Gasteiger partial charge >= 0.3 is 19.8 Å². The van der Waals surface area contributed by atoms with Crippen molar-refractivity contribution in [3.05, 3.63) is 24.3 Å². The van der Waals surface area contributed by atoms with Gasteiger partial charge in [0.25, 0.3) is 0 Å². The molecule has 0 saturated carbocycles. The fraction of sp³-hybridized carbons (Fsp3) is 0.867. The summed E-state index contributed by atoms with van der Waals surface area (Å²) in [7, 11) is -4.70. The highest BCUT2D eigenvalue weighted by molar-refractivity contribution is 7.47. The van der Waals surface area contributed by atoms with Crippen LogP contribution in [-0.4, -0.2) is 106 Å². The van der Waals surface area contributed by atoms with Gasteiger partial charge in [0.05, 0.1) is 38.1 Å². The molecule has 2 unspecified atom stereocenters. The Balaban J connectivity index is 2.48. The molecular formula is C45H83O14P. The molecule has 0 radical (unpaired) electrons. The van der Waals surface area contributed by atoms with Crippen LogP contribution in [0, 0.1) is 11.8 Å². The first kappa shape index (κ1) is 56.3. The molecule has 0 aromatic rings. The molecule has 6 N–H and O–H groups in total. The standard InChI is InChI=1S/C45H83O14P/c1-4-5-19-25-37(47)29-30-42-40(41(49)31-45(52)59-42)26-21-17-18-23-28-44(51)58-39(35-57-60(53,54)56-33-38(48)32-46)34-55-43(50)27-22-16-14-12-10-8-6-7-9-11-13-15-20-24-36(2)3/h17,21,29-30,36-42,45-49,52H,4-16,18-20,22-28,31-35H2,1-3H3,(H,53,54)/b21-17-,30-29+/t37-,38-,39+,40-,41-,42+,45?/m0/s1. The highest BCUT2D eigenvalue weighted by atomic mass is 31.2. The number of allylic oxidation sites excluding steroid dienone is 2. The van der Waals surface area contributed by atoms with Crippen LogP contribution in [0.3, 0.4) is 0 Å². The summed E-state index contributed by atoms with van der Waals surface area (Å²) in [5, 5.41) is 49.4. The lowest BCUT2D eigenvalue weighted by molar-refractivity contribution is -0.199. The van der Waals surface area contributed by atoms with Crippen LogP contribution in [0.4, 0.5) is 0 Å². The second kappa shape index (κ2) is 35.7. The summed E-state index contributed by atoms with van der Waals surface area (Å²) in [6, 6.07) is 0. The Kier molecular flexibility index (Phi) is 33.5. The Bertz CT molecular complexity index is 1180. The van der Waals surface area contributed by atoms with E-state index in [4.69, 9.17) is 23.8 Å². The van der Waals surface area contributed by atoms with Crippen molar-refractivity contribution in [3.8, 4) is 0 Å². The summed E-state index contributed by atoms with van der Waals surface area (Å²) in [5.41, 5.74) is 0. The quantitative estimate of drug-likeness (QED) is 0.0149. The lowest BCUT2D eigenvalue weighted by atomic mass is 9.87. The number of ether oxygens (including phenoxy) is 3. The number of carbonyl (C=O) groups is 2. The summed E-state index contributed by atoms with van der Waals surface area (Å²) in [6.07, 6.45) is 23.3. The molecule has 1 rings (SSSR count). The van der Waals surface area contributed by atoms with Crippen molar-refractivity contribution in [1.29, 1.82) is 0 Å². The van der Waals surface area contributed by atoms with Crippen molar-refractivity contribution in [2.24, 2.45) is 11.8 Å². The zero-order valence-electron chi connectivity index (χ0n) is 37.1. The van der Waals surface area contributed by atoms with E-state index >= 15 is 0 Å². The molecule has 0 aliphatic carbocycles. The molecule has 1 aliphatic rings. The number of rotatable bonds is 38. The molecule has 0 spiro atoms. The predicted molar refractivity (Wildman–Crippen MR) is 232 cm³/mol. The van der Waals surface area contributed by atoms with Crippen LogP contribution in [0.15, 0.2) is 24.3 Å². The van der Waals surface area contributed by atoms with Gasteiger partial charge < -0.3 is 44.6 Å². The van der Waals surface area contributed by atoms with Gasteiger partial charge in [-0.15, -0.1) is 0 Å². The third kappa shape index (κ3) is 31.2. The van der Waals surface area contributed by atoms with Crippen LogP contribution in [0.5, 0.6) is 0 Å². The molecular weight excluding hydrogens is 795 g/mol. The van der Waals surface area contributed by atoms with Crippen LogP contribution in [0.2, 0.25) is 0 Å². The Morgan fingerprint density at radius 3 is 1.97 bits per heavy atom. The lowest BCUT2D eigenvalue weighted by Gasteiger charge is -2.36. The number of phosphoric ester groups is 1. The van der Waals surface area contributed by atoms with Crippen LogP contribution >= 0.6 is 7.82 Å². The smallest absolute Gasteiger partial charge is 0.462 e. The minimum absolute atomic E-state index is 0.00796. The van der Waals surface area contributed by atoms with Crippen molar-refractivity contribution < 1.29 is 67.8 Å². The average molecular weight is 879 g/mol. The molecule has 1 saturated heterocycles. The zero-order valence-corrected chi connectivity index (χ0v) is 38.0. The molecule has 60 heavy (non-hydrogen) atoms. The van der Waals surface area contributed by atoms with Crippen LogP contribution in [0.1, 0.15) is 175 Å². The van der Waals surface area contributed by atoms with Gasteiger partial charge in [0, 0.05) is 25.2 Å².